The second kappa shape index (κ2) is 7.54. The Hall–Kier alpha value is -3.02. The molecular formula is C23H22N4O. The molecule has 5 rings (SSSR count). The molecule has 2 aliphatic heterocycles. The van der Waals surface area contributed by atoms with E-state index < -0.39 is 0 Å². The molecule has 0 bridgehead atoms. The molecule has 1 atom stereocenters. The van der Waals surface area contributed by atoms with Gasteiger partial charge in [-0.25, -0.2) is 9.97 Å². The number of aromatic nitrogens is 2. The maximum absolute atomic E-state index is 6.21. The molecule has 28 heavy (non-hydrogen) atoms. The van der Waals surface area contributed by atoms with Crippen LogP contribution in [-0.4, -0.2) is 41.0 Å². The maximum atomic E-state index is 6.21. The van der Waals surface area contributed by atoms with Crippen LogP contribution in [0.15, 0.2) is 67.0 Å². The van der Waals surface area contributed by atoms with Crippen molar-refractivity contribution in [3.8, 4) is 11.5 Å². The predicted molar refractivity (Wildman–Crippen MR) is 110 cm³/mol. The van der Waals surface area contributed by atoms with E-state index in [1.165, 1.54) is 5.57 Å². The number of ether oxygens (including phenoxy) is 1. The van der Waals surface area contributed by atoms with Crippen molar-refractivity contribution >= 4 is 11.6 Å². The highest BCUT2D eigenvalue weighted by Crippen LogP contribution is 2.38. The molecule has 2 aromatic carbocycles. The van der Waals surface area contributed by atoms with E-state index in [4.69, 9.17) is 4.74 Å². The first-order valence-electron chi connectivity index (χ1n) is 9.66. The highest BCUT2D eigenvalue weighted by atomic mass is 16.5. The second-order valence-electron chi connectivity index (χ2n) is 7.15. The van der Waals surface area contributed by atoms with E-state index in [0.29, 0.717) is 0 Å². The number of hydrogen-bond donors (Lipinski definition) is 1. The van der Waals surface area contributed by atoms with Gasteiger partial charge in [-0.2, -0.15) is 0 Å². The minimum Gasteiger partial charge on any atom is -0.456 e. The predicted octanol–water partition coefficient (Wildman–Crippen LogP) is 3.77. The minimum absolute atomic E-state index is 0.153. The van der Waals surface area contributed by atoms with Gasteiger partial charge in [0.05, 0.1) is 6.04 Å². The molecule has 2 aliphatic rings. The van der Waals surface area contributed by atoms with Gasteiger partial charge in [-0.3, -0.25) is 4.90 Å². The van der Waals surface area contributed by atoms with Crippen LogP contribution >= 0.6 is 0 Å². The van der Waals surface area contributed by atoms with Gasteiger partial charge in [-0.1, -0.05) is 36.4 Å². The summed E-state index contributed by atoms with van der Waals surface area (Å²) in [6.07, 6.45) is 5.87. The smallest absolute Gasteiger partial charge is 0.146 e. The second-order valence-corrected chi connectivity index (χ2v) is 7.15. The topological polar surface area (TPSA) is 50.3 Å². The largest absolute Gasteiger partial charge is 0.456 e. The van der Waals surface area contributed by atoms with E-state index in [9.17, 15) is 0 Å². The highest BCUT2D eigenvalue weighted by Gasteiger charge is 2.25. The zero-order chi connectivity index (χ0) is 18.8. The Morgan fingerprint density at radius 1 is 0.964 bits per heavy atom. The molecule has 0 saturated carbocycles. The maximum Gasteiger partial charge on any atom is 0.146 e. The van der Waals surface area contributed by atoms with Crippen molar-refractivity contribution in [2.24, 2.45) is 0 Å². The van der Waals surface area contributed by atoms with Crippen molar-refractivity contribution in [2.75, 3.05) is 26.2 Å². The van der Waals surface area contributed by atoms with Gasteiger partial charge in [0.2, 0.25) is 0 Å². The number of fused-ring (bicyclic) bond motifs is 2. The molecule has 3 heterocycles. The molecule has 5 heteroatoms. The van der Waals surface area contributed by atoms with Gasteiger partial charge < -0.3 is 10.1 Å². The fraction of sp³-hybridized carbons (Fsp3) is 0.217. The lowest BCUT2D eigenvalue weighted by Crippen LogP contribution is -2.46. The molecule has 5 nitrogen and oxygen atoms in total. The summed E-state index contributed by atoms with van der Waals surface area (Å²) in [7, 11) is 0. The summed E-state index contributed by atoms with van der Waals surface area (Å²) in [6, 6.07) is 18.5. The van der Waals surface area contributed by atoms with E-state index in [1.807, 2.05) is 30.3 Å². The van der Waals surface area contributed by atoms with Crippen LogP contribution in [0.2, 0.25) is 0 Å². The first-order chi connectivity index (χ1) is 13.9. The summed E-state index contributed by atoms with van der Waals surface area (Å²) in [5.41, 5.74) is 3.55. The monoisotopic (exact) mass is 370 g/mol. The third kappa shape index (κ3) is 3.42. The van der Waals surface area contributed by atoms with E-state index in [1.54, 1.807) is 12.4 Å². The van der Waals surface area contributed by atoms with Crippen molar-refractivity contribution in [1.29, 1.82) is 0 Å². The molecule has 1 saturated heterocycles. The molecular weight excluding hydrogens is 348 g/mol. The van der Waals surface area contributed by atoms with Crippen LogP contribution < -0.4 is 10.1 Å². The highest BCUT2D eigenvalue weighted by molar-refractivity contribution is 5.88. The Balaban J connectivity index is 1.44. The Morgan fingerprint density at radius 3 is 2.64 bits per heavy atom. The van der Waals surface area contributed by atoms with Crippen molar-refractivity contribution in [3.63, 3.8) is 0 Å². The van der Waals surface area contributed by atoms with E-state index in [2.05, 4.69) is 50.5 Å². The van der Waals surface area contributed by atoms with Crippen LogP contribution in [0.25, 0.3) is 11.6 Å². The number of rotatable bonds is 3. The molecule has 0 aliphatic carbocycles. The fourth-order valence-corrected chi connectivity index (χ4v) is 3.89. The molecule has 1 N–H and O–H groups in total. The minimum atomic E-state index is 0.153. The zero-order valence-electron chi connectivity index (χ0n) is 15.6. The van der Waals surface area contributed by atoms with Gasteiger partial charge in [-0.15, -0.1) is 0 Å². The zero-order valence-corrected chi connectivity index (χ0v) is 15.6. The lowest BCUT2D eigenvalue weighted by Gasteiger charge is -2.33. The molecule has 3 aromatic rings. The lowest BCUT2D eigenvalue weighted by atomic mass is 10.0. The summed E-state index contributed by atoms with van der Waals surface area (Å²) in [4.78, 5) is 11.3. The first-order valence-corrected chi connectivity index (χ1v) is 9.66. The third-order valence-corrected chi connectivity index (χ3v) is 5.25. The lowest BCUT2D eigenvalue weighted by molar-refractivity contribution is 0.217. The summed E-state index contributed by atoms with van der Waals surface area (Å²) in [5, 5.41) is 3.54. The van der Waals surface area contributed by atoms with E-state index >= 15 is 0 Å². The molecule has 1 fully saturated rings. The van der Waals surface area contributed by atoms with Crippen molar-refractivity contribution in [1.82, 2.24) is 20.2 Å². The summed E-state index contributed by atoms with van der Waals surface area (Å²) >= 11 is 0. The Kier molecular flexibility index (Phi) is 4.61. The van der Waals surface area contributed by atoms with Crippen LogP contribution in [0.1, 0.15) is 23.0 Å². The standard InChI is InChI=1S/C23H22N4O/c1-3-8-21-17(6-1)14-18(19-7-2-4-9-22(19)28-21)15-27-13-12-24-20(16-27)23-25-10-5-11-26-23/h1-11,14,20,24H,12-13,15-16H2. The average molecular weight is 370 g/mol. The number of nitrogens with one attached hydrogen (secondary N) is 1. The SMILES string of the molecule is C1=C(CN2CCNC(c3ncccn3)C2)c2ccccc2Oc2ccccc21. The molecule has 0 amide bonds. The number of piperazine rings is 1. The van der Waals surface area contributed by atoms with Gasteiger partial charge in [0.15, 0.2) is 0 Å². The molecule has 140 valence electrons. The van der Waals surface area contributed by atoms with Gasteiger partial charge in [0.25, 0.3) is 0 Å². The van der Waals surface area contributed by atoms with Crippen LogP contribution in [0, 0.1) is 0 Å². The van der Waals surface area contributed by atoms with Gasteiger partial charge in [0.1, 0.15) is 17.3 Å². The molecule has 0 radical (unpaired) electrons. The number of nitrogens with zero attached hydrogens (tertiary/aromatic N) is 3. The van der Waals surface area contributed by atoms with E-state index in [-0.39, 0.29) is 6.04 Å². The van der Waals surface area contributed by atoms with Gasteiger partial charge in [0, 0.05) is 49.7 Å². The van der Waals surface area contributed by atoms with Crippen LogP contribution in [0.4, 0.5) is 0 Å². The number of para-hydroxylation sites is 2. The fourth-order valence-electron chi connectivity index (χ4n) is 3.89. The van der Waals surface area contributed by atoms with Crippen molar-refractivity contribution < 1.29 is 4.74 Å². The quantitative estimate of drug-likeness (QED) is 0.761. The molecule has 1 aromatic heterocycles. The Labute approximate surface area is 164 Å². The number of benzene rings is 2. The van der Waals surface area contributed by atoms with Crippen LogP contribution in [-0.2, 0) is 0 Å². The average Bonchev–Trinajstić information content (AvgIpc) is 2.91. The number of hydrogen-bond acceptors (Lipinski definition) is 5. The van der Waals surface area contributed by atoms with Crippen LogP contribution in [0.3, 0.4) is 0 Å². The van der Waals surface area contributed by atoms with Crippen molar-refractivity contribution in [3.05, 3.63) is 83.9 Å². The summed E-state index contributed by atoms with van der Waals surface area (Å²) in [5.74, 6) is 2.67. The third-order valence-electron chi connectivity index (χ3n) is 5.25. The van der Waals surface area contributed by atoms with Gasteiger partial charge >= 0.3 is 0 Å². The summed E-state index contributed by atoms with van der Waals surface area (Å²) < 4.78 is 6.21. The van der Waals surface area contributed by atoms with Crippen LogP contribution in [0.5, 0.6) is 11.5 Å². The van der Waals surface area contributed by atoms with E-state index in [0.717, 1.165) is 54.6 Å². The Bertz CT molecular complexity index is 1000. The molecule has 1 unspecified atom stereocenters. The molecule has 0 spiro atoms. The normalized spacial score (nSPS) is 19.0. The Morgan fingerprint density at radius 2 is 1.75 bits per heavy atom. The first kappa shape index (κ1) is 17.1. The van der Waals surface area contributed by atoms with Crippen molar-refractivity contribution in [2.45, 2.75) is 6.04 Å². The van der Waals surface area contributed by atoms with Gasteiger partial charge in [-0.05, 0) is 29.8 Å². The summed E-state index contributed by atoms with van der Waals surface area (Å²) in [6.45, 7) is 3.65.